The molecule has 5 heteroatoms. The number of H-pyrrole nitrogens is 1. The normalized spacial score (nSPS) is 26.7. The number of carbonyl (C=O) groups is 2. The Morgan fingerprint density at radius 2 is 2.11 bits per heavy atom. The summed E-state index contributed by atoms with van der Waals surface area (Å²) in [7, 11) is 0. The number of nitrogens with one attached hydrogen (secondary N) is 1. The molecule has 1 saturated heterocycles. The maximum atomic E-state index is 12.5. The van der Waals surface area contributed by atoms with Crippen molar-refractivity contribution in [3.05, 3.63) is 23.5 Å². The van der Waals surface area contributed by atoms with Crippen molar-refractivity contribution in [2.24, 2.45) is 17.6 Å². The number of nitrogens with two attached hydrogens (primary N) is 1. The topological polar surface area (TPSA) is 79.2 Å². The lowest BCUT2D eigenvalue weighted by Gasteiger charge is -2.16. The lowest BCUT2D eigenvalue weighted by atomic mass is 9.98. The van der Waals surface area contributed by atoms with Crippen molar-refractivity contribution >= 4 is 11.8 Å². The SMILES string of the molecule is C[C@@H]1CN(C(=O)c2cc[nH]c2C2CC2)C[C@H]1C(N)=O. The Bertz CT molecular complexity index is 519. The maximum absolute atomic E-state index is 12.5. The van der Waals surface area contributed by atoms with Crippen LogP contribution >= 0.6 is 0 Å². The fourth-order valence-corrected chi connectivity index (χ4v) is 2.95. The van der Waals surface area contributed by atoms with Gasteiger partial charge in [-0.1, -0.05) is 6.92 Å². The Kier molecular flexibility index (Phi) is 2.84. The molecular formula is C14H19N3O2. The molecule has 2 atom stereocenters. The summed E-state index contributed by atoms with van der Waals surface area (Å²) >= 11 is 0. The highest BCUT2D eigenvalue weighted by atomic mass is 16.2. The molecule has 1 aliphatic carbocycles. The Morgan fingerprint density at radius 1 is 1.37 bits per heavy atom. The van der Waals surface area contributed by atoms with E-state index in [-0.39, 0.29) is 23.7 Å². The third kappa shape index (κ3) is 2.13. The summed E-state index contributed by atoms with van der Waals surface area (Å²) in [6.45, 7) is 3.04. The first-order chi connectivity index (χ1) is 9.08. The number of hydrogen-bond acceptors (Lipinski definition) is 2. The molecule has 0 spiro atoms. The fourth-order valence-electron chi connectivity index (χ4n) is 2.95. The molecule has 0 bridgehead atoms. The van der Waals surface area contributed by atoms with Gasteiger partial charge in [0.15, 0.2) is 0 Å². The Morgan fingerprint density at radius 3 is 2.68 bits per heavy atom. The number of likely N-dealkylation sites (tertiary alicyclic amines) is 1. The van der Waals surface area contributed by atoms with Crippen molar-refractivity contribution in [1.29, 1.82) is 0 Å². The second-order valence-corrected chi connectivity index (χ2v) is 5.78. The molecule has 1 aromatic rings. The maximum Gasteiger partial charge on any atom is 0.255 e. The summed E-state index contributed by atoms with van der Waals surface area (Å²) < 4.78 is 0. The molecule has 0 aromatic carbocycles. The molecule has 3 rings (SSSR count). The number of amides is 2. The molecule has 2 amide bonds. The van der Waals surface area contributed by atoms with E-state index in [0.717, 1.165) is 24.1 Å². The van der Waals surface area contributed by atoms with E-state index >= 15 is 0 Å². The second-order valence-electron chi connectivity index (χ2n) is 5.78. The van der Waals surface area contributed by atoms with Crippen LogP contribution in [0.2, 0.25) is 0 Å². The zero-order chi connectivity index (χ0) is 13.6. The van der Waals surface area contributed by atoms with Crippen molar-refractivity contribution in [2.45, 2.75) is 25.7 Å². The van der Waals surface area contributed by atoms with Gasteiger partial charge in [0.05, 0.1) is 11.5 Å². The number of hydrogen-bond donors (Lipinski definition) is 2. The third-order valence-electron chi connectivity index (χ3n) is 4.26. The molecule has 1 aliphatic heterocycles. The standard InChI is InChI=1S/C14H19N3O2/c1-8-6-17(7-11(8)13(15)18)14(19)10-4-5-16-12(10)9-2-3-9/h4-5,8-9,11,16H,2-3,6-7H2,1H3,(H2,15,18)/t8-,11-/m1/s1. The Labute approximate surface area is 112 Å². The summed E-state index contributed by atoms with van der Waals surface area (Å²) in [5.74, 6) is 0.163. The van der Waals surface area contributed by atoms with Crippen LogP contribution in [0, 0.1) is 11.8 Å². The van der Waals surface area contributed by atoms with Crippen LogP contribution < -0.4 is 5.73 Å². The average Bonchev–Trinajstić information content (AvgIpc) is 2.96. The molecule has 0 unspecified atom stereocenters. The fraction of sp³-hybridized carbons (Fsp3) is 0.571. The van der Waals surface area contributed by atoms with Crippen LogP contribution in [0.1, 0.15) is 41.7 Å². The van der Waals surface area contributed by atoms with Crippen LogP contribution in [0.3, 0.4) is 0 Å². The first kappa shape index (κ1) is 12.3. The molecule has 1 saturated carbocycles. The Balaban J connectivity index is 1.77. The van der Waals surface area contributed by atoms with Crippen LogP contribution in [-0.4, -0.2) is 34.8 Å². The number of rotatable bonds is 3. The van der Waals surface area contributed by atoms with Gasteiger partial charge in [-0.25, -0.2) is 0 Å². The lowest BCUT2D eigenvalue weighted by molar-refractivity contribution is -0.122. The largest absolute Gasteiger partial charge is 0.369 e. The van der Waals surface area contributed by atoms with Crippen molar-refractivity contribution in [3.63, 3.8) is 0 Å². The highest BCUT2D eigenvalue weighted by Crippen LogP contribution is 2.41. The highest BCUT2D eigenvalue weighted by molar-refractivity contribution is 5.96. The van der Waals surface area contributed by atoms with E-state index in [1.54, 1.807) is 4.90 Å². The van der Waals surface area contributed by atoms with Crippen LogP contribution in [0.15, 0.2) is 12.3 Å². The molecular weight excluding hydrogens is 242 g/mol. The molecule has 3 N–H and O–H groups in total. The van der Waals surface area contributed by atoms with Gasteiger partial charge in [0, 0.05) is 25.0 Å². The predicted octanol–water partition coefficient (Wildman–Crippen LogP) is 1.09. The van der Waals surface area contributed by atoms with Gasteiger partial charge in [0.2, 0.25) is 5.91 Å². The monoisotopic (exact) mass is 261 g/mol. The van der Waals surface area contributed by atoms with E-state index in [1.807, 2.05) is 19.2 Å². The van der Waals surface area contributed by atoms with Gasteiger partial charge in [0.25, 0.3) is 5.91 Å². The molecule has 5 nitrogen and oxygen atoms in total. The Hall–Kier alpha value is -1.78. The number of aromatic nitrogens is 1. The van der Waals surface area contributed by atoms with E-state index in [4.69, 9.17) is 5.73 Å². The highest BCUT2D eigenvalue weighted by Gasteiger charge is 2.38. The quantitative estimate of drug-likeness (QED) is 0.854. The third-order valence-corrected chi connectivity index (χ3v) is 4.26. The van der Waals surface area contributed by atoms with Crippen molar-refractivity contribution in [1.82, 2.24) is 9.88 Å². The zero-order valence-corrected chi connectivity index (χ0v) is 11.1. The first-order valence-electron chi connectivity index (χ1n) is 6.83. The minimum Gasteiger partial charge on any atom is -0.369 e. The van der Waals surface area contributed by atoms with Crippen LogP contribution in [0.25, 0.3) is 0 Å². The van der Waals surface area contributed by atoms with Gasteiger partial charge in [-0.05, 0) is 30.7 Å². The van der Waals surface area contributed by atoms with Gasteiger partial charge in [-0.3, -0.25) is 9.59 Å². The minimum absolute atomic E-state index is 0.0266. The smallest absolute Gasteiger partial charge is 0.255 e. The second kappa shape index (κ2) is 4.40. The van der Waals surface area contributed by atoms with Gasteiger partial charge in [0.1, 0.15) is 0 Å². The lowest BCUT2D eigenvalue weighted by Crippen LogP contribution is -2.32. The van der Waals surface area contributed by atoms with Crippen molar-refractivity contribution in [2.75, 3.05) is 13.1 Å². The molecule has 2 aliphatic rings. The molecule has 0 radical (unpaired) electrons. The van der Waals surface area contributed by atoms with Gasteiger partial charge in [-0.2, -0.15) is 0 Å². The summed E-state index contributed by atoms with van der Waals surface area (Å²) in [6, 6.07) is 1.85. The van der Waals surface area contributed by atoms with Gasteiger partial charge >= 0.3 is 0 Å². The van der Waals surface area contributed by atoms with Crippen molar-refractivity contribution in [3.8, 4) is 0 Å². The van der Waals surface area contributed by atoms with Gasteiger partial charge < -0.3 is 15.6 Å². The number of primary amides is 1. The number of nitrogens with zero attached hydrogens (tertiary/aromatic N) is 1. The summed E-state index contributed by atoms with van der Waals surface area (Å²) in [5, 5.41) is 0. The molecule has 19 heavy (non-hydrogen) atoms. The number of carbonyl (C=O) groups excluding carboxylic acids is 2. The summed E-state index contributed by atoms with van der Waals surface area (Å²) in [5.41, 5.74) is 7.19. The minimum atomic E-state index is -0.306. The van der Waals surface area contributed by atoms with Gasteiger partial charge in [-0.15, -0.1) is 0 Å². The summed E-state index contributed by atoms with van der Waals surface area (Å²) in [6.07, 6.45) is 4.13. The zero-order valence-electron chi connectivity index (χ0n) is 11.1. The molecule has 2 fully saturated rings. The van der Waals surface area contributed by atoms with E-state index in [0.29, 0.717) is 19.0 Å². The molecule has 2 heterocycles. The van der Waals surface area contributed by atoms with E-state index < -0.39 is 0 Å². The van der Waals surface area contributed by atoms with Crippen molar-refractivity contribution < 1.29 is 9.59 Å². The number of aromatic amines is 1. The molecule has 1 aromatic heterocycles. The first-order valence-corrected chi connectivity index (χ1v) is 6.83. The van der Waals surface area contributed by atoms with E-state index in [1.165, 1.54) is 0 Å². The average molecular weight is 261 g/mol. The van der Waals surface area contributed by atoms with Crippen LogP contribution in [0.5, 0.6) is 0 Å². The molecule has 102 valence electrons. The van der Waals surface area contributed by atoms with Crippen LogP contribution in [0.4, 0.5) is 0 Å². The van der Waals surface area contributed by atoms with Crippen LogP contribution in [-0.2, 0) is 4.79 Å². The summed E-state index contributed by atoms with van der Waals surface area (Å²) in [4.78, 5) is 28.8. The van der Waals surface area contributed by atoms with E-state index in [9.17, 15) is 9.59 Å². The predicted molar refractivity (Wildman–Crippen MR) is 70.5 cm³/mol. The van der Waals surface area contributed by atoms with E-state index in [2.05, 4.69) is 4.98 Å².